The van der Waals surface area contributed by atoms with Gasteiger partial charge in [-0.25, -0.2) is 0 Å². The normalized spacial score (nSPS) is 30.3. The predicted octanol–water partition coefficient (Wildman–Crippen LogP) is 0.293. The molecular formula is C10H13AsFN3O2S. The zero-order valence-corrected chi connectivity index (χ0v) is 12.7. The van der Waals surface area contributed by atoms with E-state index in [9.17, 15) is 4.39 Å². The molecule has 2 aliphatic rings. The van der Waals surface area contributed by atoms with Crippen LogP contribution in [0.2, 0.25) is 0 Å². The first-order valence-corrected chi connectivity index (χ1v) is 7.97. The fourth-order valence-electron chi connectivity index (χ4n) is 2.11. The van der Waals surface area contributed by atoms with Gasteiger partial charge in [0.2, 0.25) is 0 Å². The Hall–Kier alpha value is -0.492. The minimum absolute atomic E-state index is 0.0263. The zero-order chi connectivity index (χ0) is 12.7. The van der Waals surface area contributed by atoms with Crippen molar-refractivity contribution in [3.63, 3.8) is 0 Å². The summed E-state index contributed by atoms with van der Waals surface area (Å²) in [6, 6.07) is 0. The Labute approximate surface area is 116 Å². The number of aliphatic hydroxyl groups is 1. The molecule has 0 radical (unpaired) electrons. The molecule has 2 aliphatic heterocycles. The van der Waals surface area contributed by atoms with Crippen LogP contribution in [0.5, 0.6) is 0 Å². The van der Waals surface area contributed by atoms with E-state index in [1.165, 1.54) is 34.8 Å². The maximum absolute atomic E-state index is 13.9. The van der Waals surface area contributed by atoms with E-state index in [2.05, 4.69) is 10.3 Å². The van der Waals surface area contributed by atoms with E-state index < -0.39 is 0 Å². The van der Waals surface area contributed by atoms with Gasteiger partial charge in [-0.2, -0.15) is 0 Å². The number of hydrogen-bond acceptors (Lipinski definition) is 5. The summed E-state index contributed by atoms with van der Waals surface area (Å²) in [5, 5.41) is 12.0. The topological polar surface area (TPSA) is 58.8 Å². The van der Waals surface area contributed by atoms with E-state index in [0.717, 1.165) is 0 Å². The van der Waals surface area contributed by atoms with Crippen LogP contribution in [-0.2, 0) is 4.74 Å². The Morgan fingerprint density at radius 1 is 1.72 bits per heavy atom. The average molecular weight is 333 g/mol. The number of nitrogens with one attached hydrogen (secondary N) is 1. The standard InChI is InChI=1S/C10H13AsFN3O2S/c11-9-8-5(12)1-15(10(8)14-4-13-9)6-3-18-7(2-16)17-6/h1,4,6-7,9,16H,2-3,11H2,(H,13,14)/t6-,7+,9?/m1/s1. The molecule has 1 aromatic heterocycles. The van der Waals surface area contributed by atoms with Gasteiger partial charge < -0.3 is 0 Å². The van der Waals surface area contributed by atoms with Gasteiger partial charge >= 0.3 is 116 Å². The molecule has 0 spiro atoms. The Morgan fingerprint density at radius 2 is 2.56 bits per heavy atom. The molecule has 0 amide bonds. The average Bonchev–Trinajstić information content (AvgIpc) is 2.94. The van der Waals surface area contributed by atoms with E-state index in [-0.39, 0.29) is 28.9 Å². The Morgan fingerprint density at radius 3 is 3.28 bits per heavy atom. The van der Waals surface area contributed by atoms with Gasteiger partial charge in [-0.15, -0.1) is 0 Å². The number of hydrogen-bond donors (Lipinski definition) is 2. The fraction of sp³-hybridized carbons (Fsp3) is 0.500. The van der Waals surface area contributed by atoms with E-state index >= 15 is 0 Å². The molecule has 0 saturated carbocycles. The van der Waals surface area contributed by atoms with Crippen molar-refractivity contribution in [1.82, 2.24) is 4.57 Å². The third-order valence-electron chi connectivity index (χ3n) is 2.95. The van der Waals surface area contributed by atoms with Crippen molar-refractivity contribution in [3.05, 3.63) is 17.6 Å². The number of nitrogens with zero attached hydrogens (tertiary/aromatic N) is 2. The molecule has 2 N–H and O–H groups in total. The van der Waals surface area contributed by atoms with Gasteiger partial charge in [-0.05, 0) is 0 Å². The molecule has 2 unspecified atom stereocenters. The van der Waals surface area contributed by atoms with Gasteiger partial charge in [0.15, 0.2) is 0 Å². The molecule has 4 atom stereocenters. The molecule has 3 rings (SSSR count). The van der Waals surface area contributed by atoms with Gasteiger partial charge in [-0.1, -0.05) is 0 Å². The summed E-state index contributed by atoms with van der Waals surface area (Å²) in [5.74, 6) is 1.15. The number of fused-ring (bicyclic) bond motifs is 1. The van der Waals surface area contributed by atoms with Crippen LogP contribution in [0.3, 0.4) is 0 Å². The van der Waals surface area contributed by atoms with Gasteiger partial charge in [0, 0.05) is 0 Å². The number of aliphatic hydroxyl groups excluding tert-OH is 1. The van der Waals surface area contributed by atoms with Gasteiger partial charge in [0.1, 0.15) is 0 Å². The SMILES string of the molecule is OC[C@H]1O[C@@H](n2cc(F)c3c2NC=NC3[AsH2])CS1. The van der Waals surface area contributed by atoms with Crippen molar-refractivity contribution >= 4 is 40.8 Å². The summed E-state index contributed by atoms with van der Waals surface area (Å²) in [6.45, 7) is -0.0263. The van der Waals surface area contributed by atoms with E-state index in [4.69, 9.17) is 9.84 Å². The Balaban J connectivity index is 1.93. The number of halogens is 1. The summed E-state index contributed by atoms with van der Waals surface area (Å²) >= 11 is 2.90. The minimum atomic E-state index is -0.259. The van der Waals surface area contributed by atoms with E-state index in [0.29, 0.717) is 17.1 Å². The second-order valence-electron chi connectivity index (χ2n) is 4.05. The van der Waals surface area contributed by atoms with Crippen LogP contribution in [0.1, 0.15) is 16.6 Å². The number of aliphatic imine (C=N–C) groups is 1. The molecule has 98 valence electrons. The van der Waals surface area contributed by atoms with Crippen molar-refractivity contribution < 1.29 is 14.2 Å². The summed E-state index contributed by atoms with van der Waals surface area (Å²) in [6.07, 6.45) is 2.80. The predicted molar refractivity (Wildman–Crippen MR) is 71.2 cm³/mol. The van der Waals surface area contributed by atoms with Crippen LogP contribution in [0, 0.1) is 5.82 Å². The molecule has 1 fully saturated rings. The Bertz CT molecular complexity index is 496. The quantitative estimate of drug-likeness (QED) is 0.764. The molecule has 0 aromatic carbocycles. The third kappa shape index (κ3) is 1.99. The van der Waals surface area contributed by atoms with Crippen molar-refractivity contribution in [1.29, 1.82) is 0 Å². The fourth-order valence-corrected chi connectivity index (χ4v) is 3.88. The number of aromatic nitrogens is 1. The first kappa shape index (κ1) is 12.5. The first-order chi connectivity index (χ1) is 8.70. The third-order valence-corrected chi connectivity index (χ3v) is 5.12. The van der Waals surface area contributed by atoms with Crippen molar-refractivity contribution in [2.45, 2.75) is 16.5 Å². The van der Waals surface area contributed by atoms with Crippen molar-refractivity contribution in [2.75, 3.05) is 17.7 Å². The first-order valence-electron chi connectivity index (χ1n) is 5.52. The zero-order valence-electron chi connectivity index (χ0n) is 9.41. The van der Waals surface area contributed by atoms with Crippen molar-refractivity contribution in [3.8, 4) is 0 Å². The van der Waals surface area contributed by atoms with Crippen LogP contribution >= 0.6 is 11.8 Å². The maximum atomic E-state index is 13.9. The second-order valence-corrected chi connectivity index (χ2v) is 6.57. The van der Waals surface area contributed by atoms with Crippen LogP contribution in [0.4, 0.5) is 10.2 Å². The molecule has 1 saturated heterocycles. The number of ether oxygens (including phenoxy) is 1. The Kier molecular flexibility index (Phi) is 3.40. The van der Waals surface area contributed by atoms with Crippen LogP contribution < -0.4 is 5.32 Å². The van der Waals surface area contributed by atoms with Crippen molar-refractivity contribution in [2.24, 2.45) is 4.99 Å². The summed E-state index contributed by atoms with van der Waals surface area (Å²) in [4.78, 5) is 4.03. The van der Waals surface area contributed by atoms with Gasteiger partial charge in [0.05, 0.1) is 0 Å². The summed E-state index contributed by atoms with van der Waals surface area (Å²) < 4.78 is 21.3. The van der Waals surface area contributed by atoms with Gasteiger partial charge in [-0.3, -0.25) is 0 Å². The van der Waals surface area contributed by atoms with Crippen LogP contribution in [-0.4, -0.2) is 50.7 Å². The number of thioether (sulfide) groups is 1. The van der Waals surface area contributed by atoms with Crippen LogP contribution in [0.25, 0.3) is 0 Å². The summed E-state index contributed by atoms with van der Waals surface area (Å²) in [5.41, 5.74) is 0.369. The molecule has 18 heavy (non-hydrogen) atoms. The molecule has 0 bridgehead atoms. The number of anilines is 1. The molecule has 5 nitrogen and oxygen atoms in total. The molecule has 1 aromatic rings. The van der Waals surface area contributed by atoms with Crippen LogP contribution in [0.15, 0.2) is 11.2 Å². The number of rotatable bonds is 2. The molecule has 0 aliphatic carbocycles. The molecule has 8 heteroatoms. The second kappa shape index (κ2) is 4.89. The van der Waals surface area contributed by atoms with E-state index in [1.54, 1.807) is 10.9 Å². The summed E-state index contributed by atoms with van der Waals surface area (Å²) in [7, 11) is 0. The molecular weight excluding hydrogens is 320 g/mol. The molecule has 3 heterocycles. The van der Waals surface area contributed by atoms with E-state index in [1.807, 2.05) is 0 Å². The van der Waals surface area contributed by atoms with Gasteiger partial charge in [0.25, 0.3) is 0 Å². The monoisotopic (exact) mass is 333 g/mol.